The fourth-order valence-corrected chi connectivity index (χ4v) is 3.08. The number of ether oxygens (including phenoxy) is 1. The maximum absolute atomic E-state index is 12.6. The minimum absolute atomic E-state index is 0.130. The van der Waals surface area contributed by atoms with Crippen LogP contribution in [0.15, 0.2) is 46.9 Å². The largest absolute Gasteiger partial charge is 0.378 e. The summed E-state index contributed by atoms with van der Waals surface area (Å²) in [5, 5.41) is 13.8. The van der Waals surface area contributed by atoms with E-state index in [0.29, 0.717) is 23.4 Å². The summed E-state index contributed by atoms with van der Waals surface area (Å²) in [7, 11) is 0. The van der Waals surface area contributed by atoms with Gasteiger partial charge in [-0.15, -0.1) is 0 Å². The van der Waals surface area contributed by atoms with Crippen LogP contribution >= 0.6 is 15.9 Å². The predicted octanol–water partition coefficient (Wildman–Crippen LogP) is 3.45. The molecule has 1 heterocycles. The van der Waals surface area contributed by atoms with Crippen molar-refractivity contribution in [2.45, 2.75) is 0 Å². The Kier molecular flexibility index (Phi) is 5.30. The molecule has 130 valence electrons. The first-order chi connectivity index (χ1) is 12.1. The quantitative estimate of drug-likeness (QED) is 0.621. The van der Waals surface area contributed by atoms with Crippen LogP contribution in [-0.2, 0) is 4.74 Å². The average Bonchev–Trinajstić information content (AvgIpc) is 2.63. The second-order valence-electron chi connectivity index (χ2n) is 5.49. The fourth-order valence-electron chi connectivity index (χ4n) is 2.65. The summed E-state index contributed by atoms with van der Waals surface area (Å²) >= 11 is 3.28. The molecule has 8 heteroatoms. The number of benzene rings is 2. The molecule has 1 N–H and O–H groups in total. The number of nitrogens with zero attached hydrogens (tertiary/aromatic N) is 2. The smallest absolute Gasteiger partial charge is 0.270 e. The van der Waals surface area contributed by atoms with E-state index in [4.69, 9.17) is 4.74 Å². The molecule has 1 saturated heterocycles. The Labute approximate surface area is 152 Å². The molecule has 2 aromatic rings. The van der Waals surface area contributed by atoms with Crippen molar-refractivity contribution in [2.24, 2.45) is 0 Å². The minimum Gasteiger partial charge on any atom is -0.378 e. The number of nitro groups is 1. The van der Waals surface area contributed by atoms with Gasteiger partial charge < -0.3 is 15.0 Å². The van der Waals surface area contributed by atoms with E-state index in [1.165, 1.54) is 18.2 Å². The van der Waals surface area contributed by atoms with Gasteiger partial charge in [-0.2, -0.15) is 0 Å². The van der Waals surface area contributed by atoms with Gasteiger partial charge in [0, 0.05) is 29.7 Å². The summed E-state index contributed by atoms with van der Waals surface area (Å²) in [5.74, 6) is -0.406. The van der Waals surface area contributed by atoms with Gasteiger partial charge in [-0.25, -0.2) is 0 Å². The Hall–Kier alpha value is -2.45. The number of morpholine rings is 1. The van der Waals surface area contributed by atoms with Gasteiger partial charge in [0.25, 0.3) is 11.6 Å². The van der Waals surface area contributed by atoms with Gasteiger partial charge in [0.1, 0.15) is 0 Å². The lowest BCUT2D eigenvalue weighted by Crippen LogP contribution is -2.36. The van der Waals surface area contributed by atoms with Crippen molar-refractivity contribution < 1.29 is 14.5 Å². The molecule has 0 saturated carbocycles. The Morgan fingerprint density at radius 2 is 1.92 bits per heavy atom. The maximum atomic E-state index is 12.6. The second-order valence-corrected chi connectivity index (χ2v) is 6.35. The van der Waals surface area contributed by atoms with Gasteiger partial charge in [-0.3, -0.25) is 14.9 Å². The highest BCUT2D eigenvalue weighted by Gasteiger charge is 2.19. The van der Waals surface area contributed by atoms with Crippen LogP contribution in [0.3, 0.4) is 0 Å². The topological polar surface area (TPSA) is 84.7 Å². The van der Waals surface area contributed by atoms with E-state index >= 15 is 0 Å². The number of para-hydroxylation sites is 2. The number of carbonyl (C=O) groups is 1. The third-order valence-electron chi connectivity index (χ3n) is 3.91. The SMILES string of the molecule is O=C(Nc1ccccc1N1CCOCC1)c1cc([N+](=O)[O-])ccc1Br. The molecule has 1 amide bonds. The number of hydrogen-bond acceptors (Lipinski definition) is 5. The molecule has 2 aromatic carbocycles. The van der Waals surface area contributed by atoms with Gasteiger partial charge in [-0.1, -0.05) is 12.1 Å². The number of carbonyl (C=O) groups excluding carboxylic acids is 1. The summed E-state index contributed by atoms with van der Waals surface area (Å²) in [6, 6.07) is 11.6. The lowest BCUT2D eigenvalue weighted by molar-refractivity contribution is -0.384. The van der Waals surface area contributed by atoms with Crippen molar-refractivity contribution in [3.8, 4) is 0 Å². The molecule has 1 aliphatic rings. The van der Waals surface area contributed by atoms with Crippen molar-refractivity contribution in [3.05, 3.63) is 62.6 Å². The van der Waals surface area contributed by atoms with Crippen LogP contribution in [0.2, 0.25) is 0 Å². The minimum atomic E-state index is -0.523. The summed E-state index contributed by atoms with van der Waals surface area (Å²) in [5.41, 5.74) is 1.65. The molecule has 7 nitrogen and oxygen atoms in total. The average molecular weight is 406 g/mol. The number of halogens is 1. The van der Waals surface area contributed by atoms with E-state index in [1.807, 2.05) is 24.3 Å². The first-order valence-corrected chi connectivity index (χ1v) is 8.52. The lowest BCUT2D eigenvalue weighted by atomic mass is 10.1. The monoisotopic (exact) mass is 405 g/mol. The molecular formula is C17H16BrN3O4. The molecule has 0 atom stereocenters. The molecular weight excluding hydrogens is 390 g/mol. The number of hydrogen-bond donors (Lipinski definition) is 1. The van der Waals surface area contributed by atoms with Gasteiger partial charge >= 0.3 is 0 Å². The number of nitro benzene ring substituents is 1. The molecule has 0 aliphatic carbocycles. The van der Waals surface area contributed by atoms with Crippen LogP contribution in [0.25, 0.3) is 0 Å². The lowest BCUT2D eigenvalue weighted by Gasteiger charge is -2.30. The van der Waals surface area contributed by atoms with Crippen LogP contribution in [0.5, 0.6) is 0 Å². The molecule has 1 aliphatic heterocycles. The Morgan fingerprint density at radius 3 is 2.64 bits per heavy atom. The molecule has 0 spiro atoms. The van der Waals surface area contributed by atoms with Crippen LogP contribution in [0.4, 0.5) is 17.1 Å². The van der Waals surface area contributed by atoms with E-state index in [0.717, 1.165) is 18.8 Å². The molecule has 0 unspecified atom stereocenters. The van der Waals surface area contributed by atoms with Gasteiger partial charge in [-0.05, 0) is 34.1 Å². The second kappa shape index (κ2) is 7.62. The molecule has 0 radical (unpaired) electrons. The van der Waals surface area contributed by atoms with E-state index in [-0.39, 0.29) is 11.3 Å². The molecule has 0 aromatic heterocycles. The Morgan fingerprint density at radius 1 is 1.20 bits per heavy atom. The van der Waals surface area contributed by atoms with Gasteiger partial charge in [0.2, 0.25) is 0 Å². The predicted molar refractivity (Wildman–Crippen MR) is 98.2 cm³/mol. The summed E-state index contributed by atoms with van der Waals surface area (Å²) in [6.07, 6.45) is 0. The van der Waals surface area contributed by atoms with Crippen molar-refractivity contribution in [3.63, 3.8) is 0 Å². The molecule has 25 heavy (non-hydrogen) atoms. The van der Waals surface area contributed by atoms with Crippen LogP contribution < -0.4 is 10.2 Å². The highest BCUT2D eigenvalue weighted by Crippen LogP contribution is 2.28. The summed E-state index contributed by atoms with van der Waals surface area (Å²) in [4.78, 5) is 25.2. The van der Waals surface area contributed by atoms with E-state index in [9.17, 15) is 14.9 Å². The molecule has 3 rings (SSSR count). The van der Waals surface area contributed by atoms with Gasteiger partial charge in [0.05, 0.1) is 35.1 Å². The van der Waals surface area contributed by atoms with Crippen molar-refractivity contribution >= 4 is 38.9 Å². The van der Waals surface area contributed by atoms with E-state index in [2.05, 4.69) is 26.1 Å². The summed E-state index contributed by atoms with van der Waals surface area (Å²) in [6.45, 7) is 2.76. The molecule has 1 fully saturated rings. The van der Waals surface area contributed by atoms with E-state index in [1.54, 1.807) is 0 Å². The zero-order chi connectivity index (χ0) is 17.8. The zero-order valence-electron chi connectivity index (χ0n) is 13.3. The Balaban J connectivity index is 1.86. The van der Waals surface area contributed by atoms with Crippen LogP contribution in [-0.4, -0.2) is 37.1 Å². The van der Waals surface area contributed by atoms with Crippen LogP contribution in [0, 0.1) is 10.1 Å². The Bertz CT molecular complexity index is 806. The zero-order valence-corrected chi connectivity index (χ0v) is 14.9. The fraction of sp³-hybridized carbons (Fsp3) is 0.235. The first-order valence-electron chi connectivity index (χ1n) is 7.73. The maximum Gasteiger partial charge on any atom is 0.270 e. The van der Waals surface area contributed by atoms with Gasteiger partial charge in [0.15, 0.2) is 0 Å². The highest BCUT2D eigenvalue weighted by molar-refractivity contribution is 9.10. The summed E-state index contributed by atoms with van der Waals surface area (Å²) < 4.78 is 5.86. The number of rotatable bonds is 4. The third kappa shape index (κ3) is 3.97. The van der Waals surface area contributed by atoms with Crippen molar-refractivity contribution in [1.82, 2.24) is 0 Å². The third-order valence-corrected chi connectivity index (χ3v) is 4.60. The number of anilines is 2. The number of non-ortho nitro benzene ring substituents is 1. The van der Waals surface area contributed by atoms with Crippen molar-refractivity contribution in [1.29, 1.82) is 0 Å². The number of nitrogens with one attached hydrogen (secondary N) is 1. The normalized spacial score (nSPS) is 14.2. The van der Waals surface area contributed by atoms with Crippen LogP contribution in [0.1, 0.15) is 10.4 Å². The number of amides is 1. The first kappa shape index (κ1) is 17.4. The highest BCUT2D eigenvalue weighted by atomic mass is 79.9. The molecule has 0 bridgehead atoms. The van der Waals surface area contributed by atoms with E-state index < -0.39 is 10.8 Å². The standard InChI is InChI=1S/C17H16BrN3O4/c18-14-6-5-12(21(23)24)11-13(14)17(22)19-15-3-1-2-4-16(15)20-7-9-25-10-8-20/h1-6,11H,7-10H2,(H,19,22). The van der Waals surface area contributed by atoms with Crippen molar-refractivity contribution in [2.75, 3.05) is 36.5 Å².